The Morgan fingerprint density at radius 3 is 2.26 bits per heavy atom. The van der Waals surface area contributed by atoms with Crippen LogP contribution in [0.4, 0.5) is 5.69 Å². The minimum absolute atomic E-state index is 0.170. The van der Waals surface area contributed by atoms with Crippen LogP contribution in [0.1, 0.15) is 32.3 Å². The van der Waals surface area contributed by atoms with Crippen LogP contribution in [0.25, 0.3) is 0 Å². The van der Waals surface area contributed by atoms with Crippen molar-refractivity contribution in [2.24, 2.45) is 11.3 Å². The van der Waals surface area contributed by atoms with Crippen molar-refractivity contribution in [3.8, 4) is 5.75 Å². The normalized spacial score (nSPS) is 14.5. The lowest BCUT2D eigenvalue weighted by molar-refractivity contribution is -0.134. The van der Waals surface area contributed by atoms with Gasteiger partial charge in [0.05, 0.1) is 0 Å². The van der Waals surface area contributed by atoms with Crippen LogP contribution < -0.4 is 15.4 Å². The van der Waals surface area contributed by atoms with Crippen LogP contribution in [0.3, 0.4) is 0 Å². The molecule has 2 N–H and O–H groups in total. The van der Waals surface area contributed by atoms with Crippen LogP contribution in [0.5, 0.6) is 5.75 Å². The first-order valence-electron chi connectivity index (χ1n) is 9.36. The molecule has 1 aliphatic carbocycles. The predicted octanol–water partition coefficient (Wildman–Crippen LogP) is 3.76. The SMILES string of the molecule is CC(C)CNC(=O)C1(C(=O)Nc2ccc(OCc3ccccc3)cc2)CC1. The molecule has 27 heavy (non-hydrogen) atoms. The molecular weight excluding hydrogens is 340 g/mol. The van der Waals surface area contributed by atoms with Crippen LogP contribution in [0.2, 0.25) is 0 Å². The zero-order valence-electron chi connectivity index (χ0n) is 15.8. The van der Waals surface area contributed by atoms with Gasteiger partial charge in [-0.2, -0.15) is 0 Å². The second-order valence-electron chi connectivity index (χ2n) is 7.44. The molecule has 3 rings (SSSR count). The van der Waals surface area contributed by atoms with Crippen molar-refractivity contribution >= 4 is 17.5 Å². The number of ether oxygens (including phenoxy) is 1. The highest BCUT2D eigenvalue weighted by Gasteiger charge is 2.56. The molecule has 2 aromatic rings. The molecular formula is C22H26N2O3. The van der Waals surface area contributed by atoms with E-state index < -0.39 is 5.41 Å². The summed E-state index contributed by atoms with van der Waals surface area (Å²) in [5.74, 6) is 0.683. The maximum atomic E-state index is 12.6. The molecule has 5 heteroatoms. The van der Waals surface area contributed by atoms with Crippen molar-refractivity contribution in [3.63, 3.8) is 0 Å². The van der Waals surface area contributed by atoms with E-state index in [1.165, 1.54) is 0 Å². The zero-order valence-corrected chi connectivity index (χ0v) is 15.8. The number of rotatable bonds is 8. The highest BCUT2D eigenvalue weighted by Crippen LogP contribution is 2.46. The highest BCUT2D eigenvalue weighted by atomic mass is 16.5. The molecule has 1 aliphatic rings. The van der Waals surface area contributed by atoms with Crippen LogP contribution in [-0.4, -0.2) is 18.4 Å². The average molecular weight is 366 g/mol. The third-order valence-electron chi connectivity index (χ3n) is 4.65. The van der Waals surface area contributed by atoms with Gasteiger partial charge in [-0.3, -0.25) is 9.59 Å². The second kappa shape index (κ2) is 8.25. The zero-order chi connectivity index (χ0) is 19.3. The van der Waals surface area contributed by atoms with Gasteiger partial charge in [-0.25, -0.2) is 0 Å². The fourth-order valence-corrected chi connectivity index (χ4v) is 2.77. The maximum Gasteiger partial charge on any atom is 0.240 e. The summed E-state index contributed by atoms with van der Waals surface area (Å²) in [5.41, 5.74) is 0.852. The maximum absolute atomic E-state index is 12.6. The smallest absolute Gasteiger partial charge is 0.240 e. The molecule has 0 saturated heterocycles. The molecule has 0 aromatic heterocycles. The summed E-state index contributed by atoms with van der Waals surface area (Å²) < 4.78 is 5.75. The van der Waals surface area contributed by atoms with Gasteiger partial charge in [0.25, 0.3) is 0 Å². The topological polar surface area (TPSA) is 67.4 Å². The van der Waals surface area contributed by atoms with E-state index >= 15 is 0 Å². The van der Waals surface area contributed by atoms with Gasteiger partial charge in [-0.15, -0.1) is 0 Å². The molecule has 0 spiro atoms. The molecule has 0 heterocycles. The molecule has 0 unspecified atom stereocenters. The molecule has 1 fully saturated rings. The quantitative estimate of drug-likeness (QED) is 0.699. The lowest BCUT2D eigenvalue weighted by atomic mass is 10.0. The standard InChI is InChI=1S/C22H26N2O3/c1-16(2)14-23-20(25)22(12-13-22)21(26)24-18-8-10-19(11-9-18)27-15-17-6-4-3-5-7-17/h3-11,16H,12-15H2,1-2H3,(H,23,25)(H,24,26). The lowest BCUT2D eigenvalue weighted by Crippen LogP contribution is -2.41. The molecule has 142 valence electrons. The summed E-state index contributed by atoms with van der Waals surface area (Å²) in [5, 5.41) is 5.73. The number of hydrogen-bond acceptors (Lipinski definition) is 3. The summed E-state index contributed by atoms with van der Waals surface area (Å²) in [6.45, 7) is 5.13. The summed E-state index contributed by atoms with van der Waals surface area (Å²) in [7, 11) is 0. The monoisotopic (exact) mass is 366 g/mol. The fourth-order valence-electron chi connectivity index (χ4n) is 2.77. The van der Waals surface area contributed by atoms with Gasteiger partial charge in [-0.1, -0.05) is 44.2 Å². The van der Waals surface area contributed by atoms with Crippen molar-refractivity contribution in [2.45, 2.75) is 33.3 Å². The molecule has 0 bridgehead atoms. The number of hydrogen-bond donors (Lipinski definition) is 2. The van der Waals surface area contributed by atoms with Crippen LogP contribution in [-0.2, 0) is 16.2 Å². The largest absolute Gasteiger partial charge is 0.489 e. The van der Waals surface area contributed by atoms with Crippen LogP contribution in [0.15, 0.2) is 54.6 Å². The highest BCUT2D eigenvalue weighted by molar-refractivity contribution is 6.13. The van der Waals surface area contributed by atoms with Gasteiger partial charge in [0.1, 0.15) is 17.8 Å². The first-order valence-corrected chi connectivity index (χ1v) is 9.36. The van der Waals surface area contributed by atoms with Crippen LogP contribution in [0, 0.1) is 11.3 Å². The summed E-state index contributed by atoms with van der Waals surface area (Å²) in [4.78, 5) is 24.9. The Balaban J connectivity index is 1.53. The number of amides is 2. The van der Waals surface area contributed by atoms with Gasteiger partial charge < -0.3 is 15.4 Å². The number of anilines is 1. The van der Waals surface area contributed by atoms with E-state index in [2.05, 4.69) is 10.6 Å². The second-order valence-corrected chi connectivity index (χ2v) is 7.44. The van der Waals surface area contributed by atoms with Crippen LogP contribution >= 0.6 is 0 Å². The Hall–Kier alpha value is -2.82. The summed E-state index contributed by atoms with van der Waals surface area (Å²) in [6.07, 6.45) is 1.20. The minimum Gasteiger partial charge on any atom is -0.489 e. The Labute approximate surface area is 160 Å². The van der Waals surface area contributed by atoms with Gasteiger partial charge in [0.15, 0.2) is 0 Å². The Morgan fingerprint density at radius 2 is 1.67 bits per heavy atom. The molecule has 2 amide bonds. The summed E-state index contributed by atoms with van der Waals surface area (Å²) >= 11 is 0. The first kappa shape index (κ1) is 19.0. The minimum atomic E-state index is -0.905. The van der Waals surface area contributed by atoms with E-state index in [0.29, 0.717) is 37.6 Å². The molecule has 5 nitrogen and oxygen atoms in total. The van der Waals surface area contributed by atoms with E-state index in [-0.39, 0.29) is 11.8 Å². The molecule has 2 aromatic carbocycles. The average Bonchev–Trinajstić information content (AvgIpc) is 3.48. The van der Waals surface area contributed by atoms with E-state index in [9.17, 15) is 9.59 Å². The molecule has 1 saturated carbocycles. The number of nitrogens with one attached hydrogen (secondary N) is 2. The van der Waals surface area contributed by atoms with E-state index in [0.717, 1.165) is 11.3 Å². The fraction of sp³-hybridized carbons (Fsp3) is 0.364. The van der Waals surface area contributed by atoms with E-state index in [4.69, 9.17) is 4.74 Å². The van der Waals surface area contributed by atoms with Gasteiger partial charge in [0.2, 0.25) is 11.8 Å². The van der Waals surface area contributed by atoms with Crippen molar-refractivity contribution in [1.29, 1.82) is 0 Å². The Bertz CT molecular complexity index is 781. The predicted molar refractivity (Wildman–Crippen MR) is 105 cm³/mol. The van der Waals surface area contributed by atoms with Crippen molar-refractivity contribution < 1.29 is 14.3 Å². The molecule has 0 radical (unpaired) electrons. The van der Waals surface area contributed by atoms with Gasteiger partial charge >= 0.3 is 0 Å². The third kappa shape index (κ3) is 4.88. The van der Waals surface area contributed by atoms with Gasteiger partial charge in [0, 0.05) is 12.2 Å². The molecule has 0 atom stereocenters. The number of benzene rings is 2. The van der Waals surface area contributed by atoms with Crippen molar-refractivity contribution in [1.82, 2.24) is 5.32 Å². The Kier molecular flexibility index (Phi) is 5.79. The Morgan fingerprint density at radius 1 is 1.00 bits per heavy atom. The summed E-state index contributed by atoms with van der Waals surface area (Å²) in [6, 6.07) is 17.2. The lowest BCUT2D eigenvalue weighted by Gasteiger charge is -2.16. The third-order valence-corrected chi connectivity index (χ3v) is 4.65. The van der Waals surface area contributed by atoms with Crippen molar-refractivity contribution in [2.75, 3.05) is 11.9 Å². The first-order chi connectivity index (χ1) is 13.0. The van der Waals surface area contributed by atoms with Gasteiger partial charge in [-0.05, 0) is 48.6 Å². The van der Waals surface area contributed by atoms with E-state index in [1.807, 2.05) is 56.3 Å². The van der Waals surface area contributed by atoms with E-state index in [1.54, 1.807) is 12.1 Å². The van der Waals surface area contributed by atoms with Crippen molar-refractivity contribution in [3.05, 3.63) is 60.2 Å². The number of carbonyl (C=O) groups excluding carboxylic acids is 2. The molecule has 0 aliphatic heterocycles. The number of carbonyl (C=O) groups is 2.